The fourth-order valence-electron chi connectivity index (χ4n) is 3.66. The van der Waals surface area contributed by atoms with Gasteiger partial charge >= 0.3 is 6.03 Å². The van der Waals surface area contributed by atoms with E-state index in [1.165, 1.54) is 0 Å². The van der Waals surface area contributed by atoms with Gasteiger partial charge in [-0.1, -0.05) is 20.8 Å². The number of carbonyl (C=O) groups excluding carboxylic acids is 3. The highest BCUT2D eigenvalue weighted by Gasteiger charge is 2.53. The molecule has 4 N–H and O–H groups in total. The SMILES string of the molecule is C[C@@H](CN)NC(=O)CN1C(=O)NC2(CCC(C(C)(C)C)CC2)C1=O.Cl. The van der Waals surface area contributed by atoms with Gasteiger partial charge in [0.1, 0.15) is 12.1 Å². The maximum Gasteiger partial charge on any atom is 0.325 e. The molecule has 0 bridgehead atoms. The van der Waals surface area contributed by atoms with Gasteiger partial charge < -0.3 is 16.4 Å². The summed E-state index contributed by atoms with van der Waals surface area (Å²) in [5.74, 6) is -0.0946. The van der Waals surface area contributed by atoms with E-state index in [-0.39, 0.29) is 42.2 Å². The maximum absolute atomic E-state index is 12.8. The minimum atomic E-state index is -0.821. The van der Waals surface area contributed by atoms with Gasteiger partial charge in [0.05, 0.1) is 0 Å². The Morgan fingerprint density at radius 1 is 1.36 bits per heavy atom. The molecule has 0 radical (unpaired) electrons. The molecule has 0 aromatic rings. The lowest BCUT2D eigenvalue weighted by atomic mass is 9.67. The van der Waals surface area contributed by atoms with Crippen LogP contribution in [0.25, 0.3) is 0 Å². The molecule has 25 heavy (non-hydrogen) atoms. The molecule has 0 aromatic carbocycles. The first-order valence-corrected chi connectivity index (χ1v) is 8.72. The van der Waals surface area contributed by atoms with E-state index in [2.05, 4.69) is 31.4 Å². The normalized spacial score (nSPS) is 27.7. The highest BCUT2D eigenvalue weighted by molar-refractivity contribution is 6.09. The molecule has 1 atom stereocenters. The standard InChI is InChI=1S/C17H30N4O3.ClH/c1-11(9-18)19-13(22)10-21-14(23)17(20-15(21)24)7-5-12(6-8-17)16(2,3)4;/h11-12H,5-10,18H2,1-4H3,(H,19,22)(H,20,24);1H/t11-,12?,17?;/m0./s1. The van der Waals surface area contributed by atoms with Crippen molar-refractivity contribution in [3.05, 3.63) is 0 Å². The summed E-state index contributed by atoms with van der Waals surface area (Å²) < 4.78 is 0. The number of amides is 4. The molecule has 1 aliphatic carbocycles. The van der Waals surface area contributed by atoms with Crippen LogP contribution in [0, 0.1) is 11.3 Å². The molecule has 8 heteroatoms. The molecular formula is C17H31ClN4O3. The van der Waals surface area contributed by atoms with Gasteiger partial charge in [0, 0.05) is 12.6 Å². The number of halogens is 1. The van der Waals surface area contributed by atoms with Gasteiger partial charge in [-0.3, -0.25) is 14.5 Å². The molecule has 2 aliphatic rings. The van der Waals surface area contributed by atoms with Crippen molar-refractivity contribution in [1.82, 2.24) is 15.5 Å². The summed E-state index contributed by atoms with van der Waals surface area (Å²) in [6, 6.07) is -0.654. The quantitative estimate of drug-likeness (QED) is 0.647. The van der Waals surface area contributed by atoms with Gasteiger partial charge in [-0.05, 0) is 43.9 Å². The van der Waals surface area contributed by atoms with E-state index in [1.54, 1.807) is 6.92 Å². The van der Waals surface area contributed by atoms with E-state index < -0.39 is 11.6 Å². The molecule has 2 rings (SSSR count). The van der Waals surface area contributed by atoms with Crippen molar-refractivity contribution >= 4 is 30.3 Å². The van der Waals surface area contributed by atoms with Crippen LogP contribution in [0.2, 0.25) is 0 Å². The summed E-state index contributed by atoms with van der Waals surface area (Å²) in [5, 5.41) is 5.52. The Hall–Kier alpha value is -1.34. The predicted octanol–water partition coefficient (Wildman–Crippen LogP) is 1.40. The second-order valence-electron chi connectivity index (χ2n) is 8.25. The lowest BCUT2D eigenvalue weighted by Crippen LogP contribution is -2.51. The summed E-state index contributed by atoms with van der Waals surface area (Å²) >= 11 is 0. The molecule has 4 amide bonds. The zero-order valence-corrected chi connectivity index (χ0v) is 16.4. The topological polar surface area (TPSA) is 105 Å². The third-order valence-corrected chi connectivity index (χ3v) is 5.37. The Labute approximate surface area is 155 Å². The van der Waals surface area contributed by atoms with Crippen molar-refractivity contribution in [2.24, 2.45) is 17.1 Å². The number of carbonyl (C=O) groups is 3. The molecular weight excluding hydrogens is 344 g/mol. The lowest BCUT2D eigenvalue weighted by molar-refractivity contribution is -0.136. The van der Waals surface area contributed by atoms with Crippen LogP contribution < -0.4 is 16.4 Å². The van der Waals surface area contributed by atoms with E-state index in [1.807, 2.05) is 0 Å². The molecule has 0 unspecified atom stereocenters. The number of urea groups is 1. The highest BCUT2D eigenvalue weighted by Crippen LogP contribution is 2.43. The smallest absolute Gasteiger partial charge is 0.325 e. The average molecular weight is 375 g/mol. The number of nitrogens with two attached hydrogens (primary N) is 1. The minimum absolute atomic E-state index is 0. The van der Waals surface area contributed by atoms with Crippen LogP contribution in [0.1, 0.15) is 53.4 Å². The van der Waals surface area contributed by atoms with Crippen molar-refractivity contribution in [3.8, 4) is 0 Å². The van der Waals surface area contributed by atoms with Crippen molar-refractivity contribution in [2.75, 3.05) is 13.1 Å². The first-order valence-electron chi connectivity index (χ1n) is 8.72. The Morgan fingerprint density at radius 2 is 1.92 bits per heavy atom. The largest absolute Gasteiger partial charge is 0.351 e. The van der Waals surface area contributed by atoms with Crippen molar-refractivity contribution < 1.29 is 14.4 Å². The molecule has 1 saturated carbocycles. The number of imide groups is 1. The molecule has 7 nitrogen and oxygen atoms in total. The van der Waals surface area contributed by atoms with Crippen LogP contribution in [0.15, 0.2) is 0 Å². The van der Waals surface area contributed by atoms with E-state index in [0.29, 0.717) is 25.3 Å². The van der Waals surface area contributed by atoms with Gasteiger partial charge in [-0.15, -0.1) is 12.4 Å². The van der Waals surface area contributed by atoms with Crippen LogP contribution in [0.5, 0.6) is 0 Å². The van der Waals surface area contributed by atoms with Gasteiger partial charge in [0.25, 0.3) is 5.91 Å². The van der Waals surface area contributed by atoms with Gasteiger partial charge in [-0.25, -0.2) is 4.79 Å². The number of nitrogens with one attached hydrogen (secondary N) is 2. The van der Waals surface area contributed by atoms with Crippen LogP contribution in [0.3, 0.4) is 0 Å². The molecule has 144 valence electrons. The molecule has 1 heterocycles. The van der Waals surface area contributed by atoms with E-state index >= 15 is 0 Å². The summed E-state index contributed by atoms with van der Waals surface area (Å²) in [5.41, 5.74) is 4.85. The summed E-state index contributed by atoms with van der Waals surface area (Å²) in [6.07, 6.45) is 3.08. The third kappa shape index (κ3) is 4.64. The van der Waals surface area contributed by atoms with Gasteiger partial charge in [0.2, 0.25) is 5.91 Å². The Kier molecular flexibility index (Phi) is 6.87. The molecule has 1 saturated heterocycles. The Balaban J connectivity index is 0.00000312. The average Bonchev–Trinajstić information content (AvgIpc) is 2.71. The zero-order chi connectivity index (χ0) is 18.1. The summed E-state index contributed by atoms with van der Waals surface area (Å²) in [4.78, 5) is 38.0. The fourth-order valence-corrected chi connectivity index (χ4v) is 3.66. The zero-order valence-electron chi connectivity index (χ0n) is 15.6. The van der Waals surface area contributed by atoms with Crippen molar-refractivity contribution in [3.63, 3.8) is 0 Å². The van der Waals surface area contributed by atoms with Crippen molar-refractivity contribution in [1.29, 1.82) is 0 Å². The molecule has 1 aliphatic heterocycles. The molecule has 1 spiro atoms. The predicted molar refractivity (Wildman–Crippen MR) is 98.3 cm³/mol. The second-order valence-corrected chi connectivity index (χ2v) is 8.25. The van der Waals surface area contributed by atoms with Crippen LogP contribution >= 0.6 is 12.4 Å². The van der Waals surface area contributed by atoms with Crippen LogP contribution in [-0.4, -0.2) is 47.4 Å². The summed E-state index contributed by atoms with van der Waals surface area (Å²) in [6.45, 7) is 8.46. The minimum Gasteiger partial charge on any atom is -0.351 e. The van der Waals surface area contributed by atoms with Crippen LogP contribution in [0.4, 0.5) is 4.79 Å². The Morgan fingerprint density at radius 3 is 2.40 bits per heavy atom. The molecule has 2 fully saturated rings. The second kappa shape index (κ2) is 7.91. The highest BCUT2D eigenvalue weighted by atomic mass is 35.5. The summed E-state index contributed by atoms with van der Waals surface area (Å²) in [7, 11) is 0. The van der Waals surface area contributed by atoms with E-state index in [9.17, 15) is 14.4 Å². The van der Waals surface area contributed by atoms with Crippen molar-refractivity contribution in [2.45, 2.75) is 65.0 Å². The number of nitrogens with zero attached hydrogens (tertiary/aromatic N) is 1. The first-order chi connectivity index (χ1) is 11.1. The number of rotatable bonds is 4. The fraction of sp³-hybridized carbons (Fsp3) is 0.824. The monoisotopic (exact) mass is 374 g/mol. The lowest BCUT2D eigenvalue weighted by Gasteiger charge is -2.40. The van der Waals surface area contributed by atoms with Gasteiger partial charge in [-0.2, -0.15) is 0 Å². The number of hydrogen-bond donors (Lipinski definition) is 3. The van der Waals surface area contributed by atoms with Crippen LogP contribution in [-0.2, 0) is 9.59 Å². The Bertz CT molecular complexity index is 524. The molecule has 0 aromatic heterocycles. The third-order valence-electron chi connectivity index (χ3n) is 5.37. The van der Waals surface area contributed by atoms with E-state index in [0.717, 1.165) is 17.7 Å². The maximum atomic E-state index is 12.8. The van der Waals surface area contributed by atoms with E-state index in [4.69, 9.17) is 5.73 Å². The van der Waals surface area contributed by atoms with Gasteiger partial charge in [0.15, 0.2) is 0 Å². The number of hydrogen-bond acceptors (Lipinski definition) is 4. The first kappa shape index (κ1) is 21.7.